The monoisotopic (exact) mass is 177 g/mol. The van der Waals surface area contributed by atoms with Crippen LogP contribution in [-0.2, 0) is 0 Å². The summed E-state index contributed by atoms with van der Waals surface area (Å²) in [6.45, 7) is 15.6. The van der Waals surface area contributed by atoms with Gasteiger partial charge in [-0.3, -0.25) is 0 Å². The van der Waals surface area contributed by atoms with Crippen molar-refractivity contribution in [2.75, 3.05) is 0 Å². The largest absolute Gasteiger partial charge is 0.358 e. The molecule has 1 heterocycles. The van der Waals surface area contributed by atoms with Gasteiger partial charge < -0.3 is 4.98 Å². The molecule has 0 unspecified atom stereocenters. The first-order chi connectivity index (χ1) is 6.20. The van der Waals surface area contributed by atoms with Crippen LogP contribution in [0.4, 0.5) is 0 Å². The third-order valence-electron chi connectivity index (χ3n) is 1.99. The molecule has 1 N–H and O–H groups in total. The molecule has 72 valence electrons. The zero-order valence-corrected chi connectivity index (χ0v) is 9.07. The highest BCUT2D eigenvalue weighted by atomic mass is 14.7. The van der Waals surface area contributed by atoms with Crippen LogP contribution in [0.3, 0.4) is 0 Å². The highest BCUT2D eigenvalue weighted by Gasteiger charge is 2.04. The molecule has 1 rings (SSSR count). The van der Waals surface area contributed by atoms with Gasteiger partial charge in [-0.1, -0.05) is 33.1 Å². The van der Waals surface area contributed by atoms with Crippen molar-refractivity contribution in [1.82, 2.24) is 4.98 Å². The number of H-pyrrole nitrogens is 1. The molecule has 13 heavy (non-hydrogen) atoms. The molecule has 0 radical (unpaired) electrons. The lowest BCUT2D eigenvalue weighted by Crippen LogP contribution is -1.74. The highest BCUT2D eigenvalue weighted by molar-refractivity contribution is 5.65. The van der Waals surface area contributed by atoms with Crippen LogP contribution in [0.2, 0.25) is 0 Å². The minimum Gasteiger partial charge on any atom is -0.358 e. The summed E-state index contributed by atoms with van der Waals surface area (Å²) in [7, 11) is 0. The van der Waals surface area contributed by atoms with Gasteiger partial charge in [0.2, 0.25) is 0 Å². The lowest BCUT2D eigenvalue weighted by molar-refractivity contribution is 1.22. The van der Waals surface area contributed by atoms with Crippen molar-refractivity contribution in [3.05, 3.63) is 35.7 Å². The van der Waals surface area contributed by atoms with E-state index in [1.165, 1.54) is 11.3 Å². The van der Waals surface area contributed by atoms with Crippen LogP contribution in [0.15, 0.2) is 13.2 Å². The van der Waals surface area contributed by atoms with E-state index < -0.39 is 0 Å². The lowest BCUT2D eigenvalue weighted by atomic mass is 10.1. The number of aromatic nitrogens is 1. The Kier molecular flexibility index (Phi) is 4.90. The van der Waals surface area contributed by atoms with Gasteiger partial charge in [0.15, 0.2) is 0 Å². The van der Waals surface area contributed by atoms with Gasteiger partial charge in [0, 0.05) is 17.0 Å². The molecule has 0 amide bonds. The van der Waals surface area contributed by atoms with E-state index in [0.717, 1.165) is 11.3 Å². The SMILES string of the molecule is C=Cc1[nH]c(C)c(C)c1C=C.CC. The number of hydrogen-bond acceptors (Lipinski definition) is 0. The Labute approximate surface area is 81.2 Å². The van der Waals surface area contributed by atoms with Crippen molar-refractivity contribution in [2.24, 2.45) is 0 Å². The quantitative estimate of drug-likeness (QED) is 0.704. The van der Waals surface area contributed by atoms with Crippen LogP contribution in [0.5, 0.6) is 0 Å². The standard InChI is InChI=1S/C10H13N.C2H6/c1-5-9-7(3)8(4)11-10(9)6-2;1-2/h5-6,11H,1-2H2,3-4H3;1-2H3. The summed E-state index contributed by atoms with van der Waals surface area (Å²) in [5, 5.41) is 0. The average Bonchev–Trinajstić information content (AvgIpc) is 2.46. The Morgan fingerprint density at radius 1 is 1.08 bits per heavy atom. The summed E-state index contributed by atoms with van der Waals surface area (Å²) in [5.74, 6) is 0. The fourth-order valence-corrected chi connectivity index (χ4v) is 1.19. The molecule has 1 nitrogen and oxygen atoms in total. The Morgan fingerprint density at radius 3 is 1.92 bits per heavy atom. The topological polar surface area (TPSA) is 15.8 Å². The lowest BCUT2D eigenvalue weighted by Gasteiger charge is -1.91. The summed E-state index contributed by atoms with van der Waals surface area (Å²) in [6.07, 6.45) is 3.67. The molecule has 1 aromatic heterocycles. The maximum absolute atomic E-state index is 3.75. The smallest absolute Gasteiger partial charge is 0.0452 e. The Hall–Kier alpha value is -1.24. The number of rotatable bonds is 2. The summed E-state index contributed by atoms with van der Waals surface area (Å²) in [6, 6.07) is 0. The molecule has 0 aliphatic heterocycles. The van der Waals surface area contributed by atoms with Crippen LogP contribution < -0.4 is 0 Å². The van der Waals surface area contributed by atoms with Crippen LogP contribution in [0.25, 0.3) is 12.2 Å². The van der Waals surface area contributed by atoms with Gasteiger partial charge in [-0.25, -0.2) is 0 Å². The number of aryl methyl sites for hydroxylation is 1. The second kappa shape index (κ2) is 5.41. The Bertz CT molecular complexity index is 292. The van der Waals surface area contributed by atoms with Gasteiger partial charge in [-0.05, 0) is 25.5 Å². The second-order valence-corrected chi connectivity index (χ2v) is 2.61. The van der Waals surface area contributed by atoms with Gasteiger partial charge in [-0.15, -0.1) is 0 Å². The maximum atomic E-state index is 3.75. The minimum atomic E-state index is 1.06. The van der Waals surface area contributed by atoms with Crippen LogP contribution in [0, 0.1) is 13.8 Å². The Balaban J connectivity index is 0.000000671. The zero-order valence-electron chi connectivity index (χ0n) is 9.07. The van der Waals surface area contributed by atoms with E-state index in [1.807, 2.05) is 26.0 Å². The zero-order chi connectivity index (χ0) is 10.4. The summed E-state index contributed by atoms with van der Waals surface area (Å²) >= 11 is 0. The first-order valence-electron chi connectivity index (χ1n) is 4.64. The summed E-state index contributed by atoms with van der Waals surface area (Å²) in [4.78, 5) is 3.22. The van der Waals surface area contributed by atoms with Crippen LogP contribution in [-0.4, -0.2) is 4.98 Å². The number of aromatic amines is 1. The molecule has 0 aromatic carbocycles. The molecule has 0 aliphatic carbocycles. The third-order valence-corrected chi connectivity index (χ3v) is 1.99. The molecule has 0 saturated heterocycles. The van der Waals surface area contributed by atoms with Crippen molar-refractivity contribution < 1.29 is 0 Å². The van der Waals surface area contributed by atoms with Gasteiger partial charge in [0.1, 0.15) is 0 Å². The van der Waals surface area contributed by atoms with Crippen molar-refractivity contribution in [2.45, 2.75) is 27.7 Å². The van der Waals surface area contributed by atoms with E-state index in [1.54, 1.807) is 0 Å². The van der Waals surface area contributed by atoms with Crippen LogP contribution >= 0.6 is 0 Å². The van der Waals surface area contributed by atoms with Gasteiger partial charge in [0.25, 0.3) is 0 Å². The molecular weight excluding hydrogens is 158 g/mol. The van der Waals surface area contributed by atoms with E-state index in [9.17, 15) is 0 Å². The van der Waals surface area contributed by atoms with E-state index in [2.05, 4.69) is 32.0 Å². The van der Waals surface area contributed by atoms with Gasteiger partial charge in [0.05, 0.1) is 0 Å². The van der Waals surface area contributed by atoms with E-state index in [0.29, 0.717) is 0 Å². The molecule has 0 fully saturated rings. The third kappa shape index (κ3) is 2.35. The predicted octanol–water partition coefficient (Wildman–Crippen LogP) is 3.94. The molecule has 1 aromatic rings. The number of nitrogens with one attached hydrogen (secondary N) is 1. The molecule has 1 heteroatoms. The van der Waals surface area contributed by atoms with E-state index >= 15 is 0 Å². The van der Waals surface area contributed by atoms with Gasteiger partial charge >= 0.3 is 0 Å². The average molecular weight is 177 g/mol. The normalized spacial score (nSPS) is 8.62. The second-order valence-electron chi connectivity index (χ2n) is 2.61. The van der Waals surface area contributed by atoms with Gasteiger partial charge in [-0.2, -0.15) is 0 Å². The molecule has 0 aliphatic rings. The van der Waals surface area contributed by atoms with Crippen molar-refractivity contribution >= 4 is 12.2 Å². The number of hydrogen-bond donors (Lipinski definition) is 1. The van der Waals surface area contributed by atoms with E-state index in [-0.39, 0.29) is 0 Å². The molecule has 0 bridgehead atoms. The predicted molar refractivity (Wildman–Crippen MR) is 61.8 cm³/mol. The fourth-order valence-electron chi connectivity index (χ4n) is 1.19. The van der Waals surface area contributed by atoms with Crippen molar-refractivity contribution in [3.63, 3.8) is 0 Å². The molecule has 0 saturated carbocycles. The Morgan fingerprint density at radius 2 is 1.62 bits per heavy atom. The first kappa shape index (κ1) is 11.8. The highest BCUT2D eigenvalue weighted by Crippen LogP contribution is 2.19. The molecule has 0 spiro atoms. The first-order valence-corrected chi connectivity index (χ1v) is 4.64. The van der Waals surface area contributed by atoms with Crippen molar-refractivity contribution in [3.8, 4) is 0 Å². The molecular formula is C12H19N. The summed E-state index contributed by atoms with van der Waals surface area (Å²) < 4.78 is 0. The maximum Gasteiger partial charge on any atom is 0.0452 e. The van der Waals surface area contributed by atoms with Crippen LogP contribution in [0.1, 0.15) is 36.4 Å². The summed E-state index contributed by atoms with van der Waals surface area (Å²) in [5.41, 5.74) is 4.68. The fraction of sp³-hybridized carbons (Fsp3) is 0.333. The molecule has 0 atom stereocenters. The van der Waals surface area contributed by atoms with Crippen molar-refractivity contribution in [1.29, 1.82) is 0 Å². The van der Waals surface area contributed by atoms with E-state index in [4.69, 9.17) is 0 Å². The minimum absolute atomic E-state index is 1.06.